The van der Waals surface area contributed by atoms with Crippen LogP contribution in [0.5, 0.6) is 0 Å². The molecule has 152 valence electrons. The second-order valence-electron chi connectivity index (χ2n) is 7.39. The van der Waals surface area contributed by atoms with Gasteiger partial charge in [-0.2, -0.15) is 0 Å². The third-order valence-corrected chi connectivity index (χ3v) is 5.42. The Hall–Kier alpha value is -0.850. The maximum absolute atomic E-state index is 11.9. The Morgan fingerprint density at radius 3 is 2.58 bits per heavy atom. The van der Waals surface area contributed by atoms with Crippen LogP contribution in [0.2, 0.25) is 0 Å². The van der Waals surface area contributed by atoms with E-state index < -0.39 is 42.7 Å². The topological polar surface area (TPSA) is 183 Å². The number of hydrogen-bond acceptors (Lipinski definition) is 9. The van der Waals surface area contributed by atoms with Crippen molar-refractivity contribution in [3.05, 3.63) is 0 Å². The fraction of sp³-hybridized carbons (Fsp3) is 0.938. The Bertz CT molecular complexity index is 482. The molecule has 0 radical (unpaired) electrons. The van der Waals surface area contributed by atoms with E-state index in [1.165, 1.54) is 11.9 Å². The zero-order valence-corrected chi connectivity index (χ0v) is 15.4. The minimum Gasteiger partial charge on any atom is -0.391 e. The zero-order chi connectivity index (χ0) is 19.6. The first-order valence-corrected chi connectivity index (χ1v) is 9.06. The molecule has 2 rings (SSSR count). The Morgan fingerprint density at radius 1 is 1.35 bits per heavy atom. The number of likely N-dealkylation sites (N-methyl/N-ethyl adjacent to an activating group) is 1. The molecule has 0 aromatic rings. The van der Waals surface area contributed by atoms with Gasteiger partial charge in [0.15, 0.2) is 6.29 Å². The maximum Gasteiger partial charge on any atom is 0.236 e. The van der Waals surface area contributed by atoms with Gasteiger partial charge in [-0.1, -0.05) is 0 Å². The molecule has 10 N–H and O–H groups in total. The van der Waals surface area contributed by atoms with Crippen molar-refractivity contribution in [3.8, 4) is 0 Å². The highest BCUT2D eigenvalue weighted by Crippen LogP contribution is 2.29. The number of aliphatic hydroxyl groups is 2. The largest absolute Gasteiger partial charge is 0.391 e. The Kier molecular flexibility index (Phi) is 7.34. The molecule has 26 heavy (non-hydrogen) atoms. The van der Waals surface area contributed by atoms with E-state index in [-0.39, 0.29) is 31.0 Å². The van der Waals surface area contributed by atoms with Gasteiger partial charge in [-0.3, -0.25) is 4.79 Å². The van der Waals surface area contributed by atoms with Crippen LogP contribution in [0, 0.1) is 0 Å². The van der Waals surface area contributed by atoms with Gasteiger partial charge in [-0.05, 0) is 26.2 Å². The molecule has 10 heteroatoms. The van der Waals surface area contributed by atoms with E-state index >= 15 is 0 Å². The van der Waals surface area contributed by atoms with Gasteiger partial charge in [0, 0.05) is 13.1 Å². The predicted molar refractivity (Wildman–Crippen MR) is 94.6 cm³/mol. The fourth-order valence-corrected chi connectivity index (χ4v) is 3.61. The highest BCUT2D eigenvalue weighted by molar-refractivity contribution is 5.78. The van der Waals surface area contributed by atoms with Gasteiger partial charge in [-0.25, -0.2) is 0 Å². The van der Waals surface area contributed by atoms with Crippen LogP contribution in [-0.4, -0.2) is 89.5 Å². The normalized spacial score (nSPS) is 42.3. The van der Waals surface area contributed by atoms with E-state index in [1.54, 1.807) is 0 Å². The Balaban J connectivity index is 2.13. The molecule has 1 saturated heterocycles. The number of ether oxygens (including phenoxy) is 2. The zero-order valence-electron chi connectivity index (χ0n) is 15.4. The predicted octanol–water partition coefficient (Wildman–Crippen LogP) is -3.21. The van der Waals surface area contributed by atoms with E-state index in [0.717, 1.165) is 6.42 Å². The monoisotopic (exact) mass is 375 g/mol. The molecule has 1 saturated carbocycles. The highest BCUT2D eigenvalue weighted by Gasteiger charge is 2.47. The number of aliphatic hydroxyl groups excluding tert-OH is 2. The van der Waals surface area contributed by atoms with Crippen molar-refractivity contribution in [2.75, 3.05) is 13.6 Å². The number of hydrogen-bond donors (Lipinski definition) is 6. The molecular formula is C16H33N5O5. The SMILES string of the molecule is CC(N)C1CCC(N)C(OC2C(N)C(O)CC(N(C)C(=O)CN)C2O)O1. The lowest BCUT2D eigenvalue weighted by molar-refractivity contribution is -0.256. The molecule has 1 aliphatic heterocycles. The molecule has 2 fully saturated rings. The van der Waals surface area contributed by atoms with Crippen LogP contribution in [0.25, 0.3) is 0 Å². The van der Waals surface area contributed by atoms with Gasteiger partial charge in [0.25, 0.3) is 0 Å². The van der Waals surface area contributed by atoms with Crippen LogP contribution in [0.1, 0.15) is 26.2 Å². The van der Waals surface area contributed by atoms with E-state index in [0.29, 0.717) is 6.42 Å². The van der Waals surface area contributed by atoms with Crippen LogP contribution in [0.3, 0.4) is 0 Å². The summed E-state index contributed by atoms with van der Waals surface area (Å²) in [5, 5.41) is 21.0. The lowest BCUT2D eigenvalue weighted by Crippen LogP contribution is -2.66. The van der Waals surface area contributed by atoms with Gasteiger partial charge in [0.1, 0.15) is 12.2 Å². The maximum atomic E-state index is 11.9. The van der Waals surface area contributed by atoms with E-state index in [2.05, 4.69) is 0 Å². The lowest BCUT2D eigenvalue weighted by Gasteiger charge is -2.47. The molecule has 0 aromatic carbocycles. The summed E-state index contributed by atoms with van der Waals surface area (Å²) in [6, 6.07) is -2.10. The average molecular weight is 375 g/mol. The third kappa shape index (κ3) is 4.52. The van der Waals surface area contributed by atoms with Crippen LogP contribution in [0.15, 0.2) is 0 Å². The summed E-state index contributed by atoms with van der Waals surface area (Å²) in [4.78, 5) is 13.2. The number of carbonyl (C=O) groups is 1. The summed E-state index contributed by atoms with van der Waals surface area (Å²) in [6.07, 6.45) is -2.51. The highest BCUT2D eigenvalue weighted by atomic mass is 16.7. The van der Waals surface area contributed by atoms with Gasteiger partial charge < -0.3 is 47.5 Å². The van der Waals surface area contributed by atoms with Gasteiger partial charge in [-0.15, -0.1) is 0 Å². The third-order valence-electron chi connectivity index (χ3n) is 5.42. The van der Waals surface area contributed by atoms with Crippen molar-refractivity contribution in [1.29, 1.82) is 0 Å². The standard InChI is InChI=1S/C16H33N5O5/c1-7(18)11-4-3-8(19)16(25-11)26-15-13(20)10(22)5-9(14(15)24)21(2)12(23)6-17/h7-11,13-16,22,24H,3-6,17-20H2,1-2H3. The smallest absolute Gasteiger partial charge is 0.236 e. The van der Waals surface area contributed by atoms with Crippen LogP contribution in [-0.2, 0) is 14.3 Å². The lowest BCUT2D eigenvalue weighted by atomic mass is 9.83. The average Bonchev–Trinajstić information content (AvgIpc) is 2.61. The van der Waals surface area contributed by atoms with Crippen molar-refractivity contribution in [1.82, 2.24) is 4.90 Å². The Labute approximate surface area is 153 Å². The fourth-order valence-electron chi connectivity index (χ4n) is 3.61. The van der Waals surface area contributed by atoms with Crippen molar-refractivity contribution < 1.29 is 24.5 Å². The molecular weight excluding hydrogens is 342 g/mol. The first-order valence-electron chi connectivity index (χ1n) is 9.06. The van der Waals surface area contributed by atoms with Gasteiger partial charge >= 0.3 is 0 Å². The van der Waals surface area contributed by atoms with Crippen LogP contribution >= 0.6 is 0 Å². The molecule has 9 unspecified atom stereocenters. The molecule has 2 aliphatic rings. The molecule has 0 spiro atoms. The van der Waals surface area contributed by atoms with E-state index in [9.17, 15) is 15.0 Å². The second-order valence-corrected chi connectivity index (χ2v) is 7.39. The van der Waals surface area contributed by atoms with Crippen molar-refractivity contribution in [3.63, 3.8) is 0 Å². The first-order chi connectivity index (χ1) is 12.2. The van der Waals surface area contributed by atoms with Gasteiger partial charge in [0.2, 0.25) is 5.91 Å². The summed E-state index contributed by atoms with van der Waals surface area (Å²) < 4.78 is 11.7. The number of nitrogens with two attached hydrogens (primary N) is 4. The summed E-state index contributed by atoms with van der Waals surface area (Å²) in [5.41, 5.74) is 23.4. The minimum absolute atomic E-state index is 0.129. The summed E-state index contributed by atoms with van der Waals surface area (Å²) in [5.74, 6) is -0.349. The molecule has 1 heterocycles. The Morgan fingerprint density at radius 2 is 2.00 bits per heavy atom. The van der Waals surface area contributed by atoms with Crippen molar-refractivity contribution in [2.45, 2.75) is 81.1 Å². The van der Waals surface area contributed by atoms with Crippen molar-refractivity contribution >= 4 is 5.91 Å². The number of amides is 1. The summed E-state index contributed by atoms with van der Waals surface area (Å²) in [7, 11) is 1.53. The molecule has 1 amide bonds. The summed E-state index contributed by atoms with van der Waals surface area (Å²) >= 11 is 0. The van der Waals surface area contributed by atoms with E-state index in [1.807, 2.05) is 6.92 Å². The first kappa shape index (κ1) is 21.5. The number of carbonyl (C=O) groups excluding carboxylic acids is 1. The molecule has 0 aromatic heterocycles. The molecule has 1 aliphatic carbocycles. The quantitative estimate of drug-likeness (QED) is 0.288. The van der Waals surface area contributed by atoms with Crippen LogP contribution < -0.4 is 22.9 Å². The van der Waals surface area contributed by atoms with Crippen molar-refractivity contribution in [2.24, 2.45) is 22.9 Å². The summed E-state index contributed by atoms with van der Waals surface area (Å²) in [6.45, 7) is 1.65. The second kappa shape index (κ2) is 8.89. The van der Waals surface area contributed by atoms with Crippen LogP contribution in [0.4, 0.5) is 0 Å². The minimum atomic E-state index is -1.11. The molecule has 10 nitrogen and oxygen atoms in total. The van der Waals surface area contributed by atoms with Gasteiger partial charge in [0.05, 0.1) is 36.9 Å². The number of rotatable bonds is 5. The number of nitrogens with zero attached hydrogens (tertiary/aromatic N) is 1. The molecule has 9 atom stereocenters. The van der Waals surface area contributed by atoms with E-state index in [4.69, 9.17) is 32.4 Å². The molecule has 0 bridgehead atoms.